The number of nitrogens with zero attached hydrogens (tertiary/aromatic N) is 1. The number of aldehydes is 1. The molecule has 2 rings (SSSR count). The molecule has 1 heterocycles. The van der Waals surface area contributed by atoms with E-state index in [0.717, 1.165) is 31.4 Å². The van der Waals surface area contributed by atoms with Crippen LogP contribution in [0.4, 0.5) is 5.69 Å². The molecule has 86 valence electrons. The van der Waals surface area contributed by atoms with Crippen molar-refractivity contribution in [2.75, 3.05) is 18.0 Å². The molecule has 1 aromatic carbocycles. The molecule has 2 nitrogen and oxygen atoms in total. The Hall–Kier alpha value is -1.31. The number of rotatable bonds is 4. The van der Waals surface area contributed by atoms with E-state index in [4.69, 9.17) is 0 Å². The quantitative estimate of drug-likeness (QED) is 0.722. The summed E-state index contributed by atoms with van der Waals surface area (Å²) in [4.78, 5) is 13.0. The van der Waals surface area contributed by atoms with Crippen LogP contribution in [-0.2, 0) is 17.6 Å². The van der Waals surface area contributed by atoms with Gasteiger partial charge in [0.15, 0.2) is 0 Å². The van der Waals surface area contributed by atoms with Gasteiger partial charge in [-0.2, -0.15) is 0 Å². The van der Waals surface area contributed by atoms with Gasteiger partial charge in [-0.1, -0.05) is 26.0 Å². The van der Waals surface area contributed by atoms with Crippen LogP contribution in [-0.4, -0.2) is 19.4 Å². The van der Waals surface area contributed by atoms with Gasteiger partial charge in [-0.15, -0.1) is 0 Å². The van der Waals surface area contributed by atoms with Crippen molar-refractivity contribution in [2.24, 2.45) is 5.92 Å². The third-order valence-electron chi connectivity index (χ3n) is 3.05. The van der Waals surface area contributed by atoms with Gasteiger partial charge in [-0.3, -0.25) is 0 Å². The van der Waals surface area contributed by atoms with Gasteiger partial charge >= 0.3 is 0 Å². The standard InChI is InChI=1S/C14H19NO/c1-11(2)10-15-7-5-13-4-3-12(6-8-16)9-14(13)15/h3-4,8-9,11H,5-7,10H2,1-2H3. The fourth-order valence-corrected chi connectivity index (χ4v) is 2.34. The van der Waals surface area contributed by atoms with Crippen LogP contribution in [0.5, 0.6) is 0 Å². The van der Waals surface area contributed by atoms with Gasteiger partial charge in [-0.05, 0) is 29.5 Å². The van der Waals surface area contributed by atoms with Crippen molar-refractivity contribution in [3.8, 4) is 0 Å². The summed E-state index contributed by atoms with van der Waals surface area (Å²) in [7, 11) is 0. The Bertz CT molecular complexity index is 384. The van der Waals surface area contributed by atoms with Crippen LogP contribution in [0.2, 0.25) is 0 Å². The third-order valence-corrected chi connectivity index (χ3v) is 3.05. The number of carbonyl (C=O) groups is 1. The number of hydrogen-bond donors (Lipinski definition) is 0. The molecule has 0 spiro atoms. The minimum atomic E-state index is 0.531. The lowest BCUT2D eigenvalue weighted by molar-refractivity contribution is -0.107. The first-order chi connectivity index (χ1) is 7.70. The third kappa shape index (κ3) is 2.26. The lowest BCUT2D eigenvalue weighted by atomic mass is 10.1. The second-order valence-corrected chi connectivity index (χ2v) is 4.92. The highest BCUT2D eigenvalue weighted by Gasteiger charge is 2.19. The summed E-state index contributed by atoms with van der Waals surface area (Å²) >= 11 is 0. The molecule has 16 heavy (non-hydrogen) atoms. The number of hydrogen-bond acceptors (Lipinski definition) is 2. The Balaban J connectivity index is 2.22. The predicted octanol–water partition coefficient (Wildman–Crippen LogP) is 2.45. The first-order valence-electron chi connectivity index (χ1n) is 6.01. The normalized spacial score (nSPS) is 14.3. The van der Waals surface area contributed by atoms with Crippen LogP contribution in [0, 0.1) is 5.92 Å². The maximum atomic E-state index is 10.5. The Morgan fingerprint density at radius 1 is 1.44 bits per heavy atom. The maximum absolute atomic E-state index is 10.5. The number of carbonyl (C=O) groups excluding carboxylic acids is 1. The summed E-state index contributed by atoms with van der Waals surface area (Å²) in [6.45, 7) is 6.72. The van der Waals surface area contributed by atoms with Crippen molar-refractivity contribution in [3.63, 3.8) is 0 Å². The van der Waals surface area contributed by atoms with Crippen LogP contribution in [0.1, 0.15) is 25.0 Å². The van der Waals surface area contributed by atoms with Crippen molar-refractivity contribution in [1.29, 1.82) is 0 Å². The summed E-state index contributed by atoms with van der Waals surface area (Å²) in [6.07, 6.45) is 2.65. The van der Waals surface area contributed by atoms with E-state index in [2.05, 4.69) is 36.9 Å². The monoisotopic (exact) mass is 217 g/mol. The van der Waals surface area contributed by atoms with Gasteiger partial charge < -0.3 is 9.69 Å². The second-order valence-electron chi connectivity index (χ2n) is 4.92. The zero-order chi connectivity index (χ0) is 11.5. The zero-order valence-electron chi connectivity index (χ0n) is 10.1. The molecule has 0 aromatic heterocycles. The molecule has 1 aromatic rings. The van der Waals surface area contributed by atoms with Crippen molar-refractivity contribution < 1.29 is 4.79 Å². The summed E-state index contributed by atoms with van der Waals surface area (Å²) in [5, 5.41) is 0. The SMILES string of the molecule is CC(C)CN1CCc2ccc(CC=O)cc21. The highest BCUT2D eigenvalue weighted by Crippen LogP contribution is 2.29. The largest absolute Gasteiger partial charge is 0.371 e. The van der Waals surface area contributed by atoms with Crippen molar-refractivity contribution >= 4 is 12.0 Å². The minimum absolute atomic E-state index is 0.531. The molecule has 0 radical (unpaired) electrons. The van der Waals surface area contributed by atoms with E-state index >= 15 is 0 Å². The molecular weight excluding hydrogens is 198 g/mol. The molecule has 0 saturated carbocycles. The molecule has 0 amide bonds. The minimum Gasteiger partial charge on any atom is -0.371 e. The lowest BCUT2D eigenvalue weighted by Gasteiger charge is -2.22. The molecule has 0 bridgehead atoms. The molecule has 1 aliphatic heterocycles. The fraction of sp³-hybridized carbons (Fsp3) is 0.500. The molecule has 0 aliphatic carbocycles. The van der Waals surface area contributed by atoms with E-state index in [-0.39, 0.29) is 0 Å². The first-order valence-corrected chi connectivity index (χ1v) is 6.01. The molecule has 0 unspecified atom stereocenters. The number of fused-ring (bicyclic) bond motifs is 1. The molecule has 0 fully saturated rings. The van der Waals surface area contributed by atoms with Crippen molar-refractivity contribution in [2.45, 2.75) is 26.7 Å². The van der Waals surface area contributed by atoms with E-state index in [1.807, 2.05) is 0 Å². The summed E-state index contributed by atoms with van der Waals surface area (Å²) in [5.41, 5.74) is 3.90. The van der Waals surface area contributed by atoms with E-state index in [1.165, 1.54) is 11.3 Å². The van der Waals surface area contributed by atoms with E-state index in [0.29, 0.717) is 12.3 Å². The molecule has 0 N–H and O–H groups in total. The highest BCUT2D eigenvalue weighted by molar-refractivity contribution is 5.63. The van der Waals surface area contributed by atoms with E-state index in [9.17, 15) is 4.79 Å². The Kier molecular flexibility index (Phi) is 3.28. The van der Waals surface area contributed by atoms with Gasteiger partial charge in [0.1, 0.15) is 6.29 Å². The molecule has 1 aliphatic rings. The summed E-state index contributed by atoms with van der Waals surface area (Å²) < 4.78 is 0. The lowest BCUT2D eigenvalue weighted by Crippen LogP contribution is -2.25. The van der Waals surface area contributed by atoms with Crippen LogP contribution in [0.15, 0.2) is 18.2 Å². The van der Waals surface area contributed by atoms with Crippen LogP contribution in [0.3, 0.4) is 0 Å². The highest BCUT2D eigenvalue weighted by atomic mass is 16.1. The molecular formula is C14H19NO. The van der Waals surface area contributed by atoms with Crippen LogP contribution >= 0.6 is 0 Å². The van der Waals surface area contributed by atoms with E-state index in [1.54, 1.807) is 0 Å². The van der Waals surface area contributed by atoms with Gasteiger partial charge in [0.25, 0.3) is 0 Å². The second kappa shape index (κ2) is 4.69. The molecule has 0 saturated heterocycles. The molecule has 0 atom stereocenters. The van der Waals surface area contributed by atoms with Gasteiger partial charge in [0, 0.05) is 25.2 Å². The fourth-order valence-electron chi connectivity index (χ4n) is 2.34. The van der Waals surface area contributed by atoms with Crippen LogP contribution < -0.4 is 4.90 Å². The predicted molar refractivity (Wildman–Crippen MR) is 67.0 cm³/mol. The number of anilines is 1. The van der Waals surface area contributed by atoms with Gasteiger partial charge in [0.05, 0.1) is 0 Å². The van der Waals surface area contributed by atoms with E-state index < -0.39 is 0 Å². The van der Waals surface area contributed by atoms with Gasteiger partial charge in [-0.25, -0.2) is 0 Å². The average Bonchev–Trinajstić information content (AvgIpc) is 2.61. The average molecular weight is 217 g/mol. The number of benzene rings is 1. The zero-order valence-corrected chi connectivity index (χ0v) is 10.1. The van der Waals surface area contributed by atoms with Gasteiger partial charge in [0.2, 0.25) is 0 Å². The smallest absolute Gasteiger partial charge is 0.124 e. The Morgan fingerprint density at radius 2 is 2.25 bits per heavy atom. The maximum Gasteiger partial charge on any atom is 0.124 e. The Labute approximate surface area is 97.3 Å². The molecule has 2 heteroatoms. The topological polar surface area (TPSA) is 20.3 Å². The van der Waals surface area contributed by atoms with Crippen LogP contribution in [0.25, 0.3) is 0 Å². The first kappa shape index (κ1) is 11.2. The summed E-state index contributed by atoms with van der Waals surface area (Å²) in [5.74, 6) is 0.681. The Morgan fingerprint density at radius 3 is 2.94 bits per heavy atom. The van der Waals surface area contributed by atoms with Crippen molar-refractivity contribution in [3.05, 3.63) is 29.3 Å². The summed E-state index contributed by atoms with van der Waals surface area (Å²) in [6, 6.07) is 6.43. The van der Waals surface area contributed by atoms with Crippen molar-refractivity contribution in [1.82, 2.24) is 0 Å².